The summed E-state index contributed by atoms with van der Waals surface area (Å²) in [7, 11) is 2.83. The molecule has 0 spiro atoms. The van der Waals surface area contributed by atoms with Gasteiger partial charge in [0.2, 0.25) is 0 Å². The number of carbonyl (C=O) groups is 1. The van der Waals surface area contributed by atoms with Crippen LogP contribution in [0.4, 0.5) is 8.78 Å². The van der Waals surface area contributed by atoms with Gasteiger partial charge < -0.3 is 14.4 Å². The second-order valence-corrected chi connectivity index (χ2v) is 5.25. The van der Waals surface area contributed by atoms with Gasteiger partial charge in [0.25, 0.3) is 5.91 Å². The third-order valence-corrected chi connectivity index (χ3v) is 3.49. The van der Waals surface area contributed by atoms with E-state index in [1.165, 1.54) is 49.4 Å². The average Bonchev–Trinajstić information content (AvgIpc) is 2.61. The Morgan fingerprint density at radius 1 is 1.20 bits per heavy atom. The maximum absolute atomic E-state index is 13.8. The predicted molar refractivity (Wildman–Crippen MR) is 86.0 cm³/mol. The van der Waals surface area contributed by atoms with E-state index in [-0.39, 0.29) is 30.2 Å². The van der Waals surface area contributed by atoms with Crippen molar-refractivity contribution in [2.24, 2.45) is 0 Å². The normalized spacial score (nSPS) is 10.0. The summed E-state index contributed by atoms with van der Waals surface area (Å²) < 4.78 is 37.4. The number of likely N-dealkylation sites (N-methyl/N-ethyl adjacent to an activating group) is 1. The van der Waals surface area contributed by atoms with Crippen LogP contribution in [0.3, 0.4) is 0 Å². The van der Waals surface area contributed by atoms with Crippen molar-refractivity contribution < 1.29 is 23.0 Å². The molecule has 0 aliphatic rings. The van der Waals surface area contributed by atoms with E-state index >= 15 is 0 Å². The molecule has 5 nitrogen and oxygen atoms in total. The summed E-state index contributed by atoms with van der Waals surface area (Å²) in [5.74, 6) is -1.27. The van der Waals surface area contributed by atoms with Crippen LogP contribution in [-0.2, 0) is 11.3 Å². The summed E-state index contributed by atoms with van der Waals surface area (Å²) in [6.45, 7) is -0.345. The number of hydrogen-bond acceptors (Lipinski definition) is 4. The van der Waals surface area contributed by atoms with E-state index < -0.39 is 17.5 Å². The maximum atomic E-state index is 13.8. The molecule has 0 atom stereocenters. The Morgan fingerprint density at radius 3 is 2.60 bits per heavy atom. The molecule has 0 fully saturated rings. The Balaban J connectivity index is 1.97. The van der Waals surface area contributed by atoms with Crippen LogP contribution in [-0.4, -0.2) is 31.6 Å². The minimum atomic E-state index is -0.601. The zero-order valence-electron chi connectivity index (χ0n) is 13.8. The SMILES string of the molecule is COc1ccc(OCC(=O)N(C)Cc2cc(C#N)ccc2F)cc1F. The van der Waals surface area contributed by atoms with Gasteiger partial charge in [0.05, 0.1) is 18.7 Å². The highest BCUT2D eigenvalue weighted by Gasteiger charge is 2.14. The van der Waals surface area contributed by atoms with Crippen molar-refractivity contribution in [2.45, 2.75) is 6.54 Å². The second-order valence-electron chi connectivity index (χ2n) is 5.25. The molecular formula is C18H16F2N2O3. The molecule has 0 heterocycles. The maximum Gasteiger partial charge on any atom is 0.260 e. The van der Waals surface area contributed by atoms with Crippen molar-refractivity contribution in [1.82, 2.24) is 4.90 Å². The average molecular weight is 346 g/mol. The molecule has 7 heteroatoms. The van der Waals surface area contributed by atoms with E-state index in [4.69, 9.17) is 14.7 Å². The summed E-state index contributed by atoms with van der Waals surface area (Å²) in [5.41, 5.74) is 0.535. The number of halogens is 2. The molecule has 0 unspecified atom stereocenters. The monoisotopic (exact) mass is 346 g/mol. The summed E-state index contributed by atoms with van der Waals surface area (Å²) >= 11 is 0. The number of rotatable bonds is 6. The number of nitriles is 1. The summed E-state index contributed by atoms with van der Waals surface area (Å²) in [6.07, 6.45) is 0. The molecule has 130 valence electrons. The molecule has 0 N–H and O–H groups in total. The van der Waals surface area contributed by atoms with Gasteiger partial charge in [-0.05, 0) is 30.3 Å². The molecule has 25 heavy (non-hydrogen) atoms. The van der Waals surface area contributed by atoms with Gasteiger partial charge in [-0.2, -0.15) is 5.26 Å². The van der Waals surface area contributed by atoms with Crippen LogP contribution < -0.4 is 9.47 Å². The number of ether oxygens (including phenoxy) is 2. The lowest BCUT2D eigenvalue weighted by Crippen LogP contribution is -2.31. The molecule has 1 amide bonds. The topological polar surface area (TPSA) is 62.6 Å². The summed E-state index contributed by atoms with van der Waals surface area (Å²) in [4.78, 5) is 13.4. The third-order valence-electron chi connectivity index (χ3n) is 3.49. The summed E-state index contributed by atoms with van der Waals surface area (Å²) in [6, 6.07) is 9.83. The Hall–Kier alpha value is -3.14. The van der Waals surface area contributed by atoms with Crippen molar-refractivity contribution in [3.63, 3.8) is 0 Å². The van der Waals surface area contributed by atoms with Crippen LogP contribution in [0.25, 0.3) is 0 Å². The number of carbonyl (C=O) groups excluding carboxylic acids is 1. The molecule has 2 rings (SSSR count). The van der Waals surface area contributed by atoms with Crippen molar-refractivity contribution in [1.29, 1.82) is 5.26 Å². The molecule has 0 aliphatic heterocycles. The number of benzene rings is 2. The van der Waals surface area contributed by atoms with Gasteiger partial charge in [-0.15, -0.1) is 0 Å². The van der Waals surface area contributed by atoms with E-state index in [0.29, 0.717) is 5.56 Å². The van der Waals surface area contributed by atoms with Crippen LogP contribution in [0.5, 0.6) is 11.5 Å². The van der Waals surface area contributed by atoms with Crippen LogP contribution in [0.1, 0.15) is 11.1 Å². The van der Waals surface area contributed by atoms with Crippen LogP contribution in [0, 0.1) is 23.0 Å². The zero-order chi connectivity index (χ0) is 18.4. The minimum Gasteiger partial charge on any atom is -0.494 e. The van der Waals surface area contributed by atoms with E-state index in [1.54, 1.807) is 0 Å². The Morgan fingerprint density at radius 2 is 1.96 bits per heavy atom. The quantitative estimate of drug-likeness (QED) is 0.807. The Kier molecular flexibility index (Phi) is 5.90. The lowest BCUT2D eigenvalue weighted by molar-refractivity contribution is -0.132. The smallest absolute Gasteiger partial charge is 0.260 e. The standard InChI is InChI=1S/C18H16F2N2O3/c1-22(10-13-7-12(9-21)3-5-15(13)19)18(23)11-25-14-4-6-17(24-2)16(20)8-14/h3-8H,10-11H2,1-2H3. The summed E-state index contributed by atoms with van der Waals surface area (Å²) in [5, 5.41) is 8.85. The molecule has 0 saturated heterocycles. The molecule has 0 saturated carbocycles. The van der Waals surface area contributed by atoms with Gasteiger partial charge in [0.15, 0.2) is 18.2 Å². The minimum absolute atomic E-state index is 0.0134. The lowest BCUT2D eigenvalue weighted by atomic mass is 10.1. The van der Waals surface area contributed by atoms with E-state index in [1.807, 2.05) is 6.07 Å². The van der Waals surface area contributed by atoms with Crippen LogP contribution >= 0.6 is 0 Å². The number of amides is 1. The fraction of sp³-hybridized carbons (Fsp3) is 0.222. The van der Waals surface area contributed by atoms with Gasteiger partial charge in [0, 0.05) is 25.2 Å². The highest BCUT2D eigenvalue weighted by Crippen LogP contribution is 2.22. The van der Waals surface area contributed by atoms with Crippen molar-refractivity contribution in [2.75, 3.05) is 20.8 Å². The first-order chi connectivity index (χ1) is 11.9. The molecule has 0 aliphatic carbocycles. The number of methoxy groups -OCH3 is 1. The fourth-order valence-electron chi connectivity index (χ4n) is 2.10. The largest absolute Gasteiger partial charge is 0.494 e. The first-order valence-electron chi connectivity index (χ1n) is 7.33. The Bertz CT molecular complexity index is 818. The predicted octanol–water partition coefficient (Wildman–Crippen LogP) is 2.88. The number of hydrogen-bond donors (Lipinski definition) is 0. The fourth-order valence-corrected chi connectivity index (χ4v) is 2.10. The molecule has 0 aromatic heterocycles. The van der Waals surface area contributed by atoms with Crippen molar-refractivity contribution >= 4 is 5.91 Å². The van der Waals surface area contributed by atoms with Crippen molar-refractivity contribution in [3.8, 4) is 17.6 Å². The molecule has 0 bridgehead atoms. The van der Waals surface area contributed by atoms with Gasteiger partial charge in [-0.1, -0.05) is 0 Å². The second kappa shape index (κ2) is 8.11. The van der Waals surface area contributed by atoms with Gasteiger partial charge >= 0.3 is 0 Å². The molecule has 2 aromatic carbocycles. The van der Waals surface area contributed by atoms with E-state index in [9.17, 15) is 13.6 Å². The Labute approximate surface area is 144 Å². The van der Waals surface area contributed by atoms with E-state index in [0.717, 1.165) is 6.07 Å². The molecule has 0 radical (unpaired) electrons. The zero-order valence-corrected chi connectivity index (χ0v) is 13.8. The van der Waals surface area contributed by atoms with Gasteiger partial charge in [-0.25, -0.2) is 8.78 Å². The van der Waals surface area contributed by atoms with Gasteiger partial charge in [0.1, 0.15) is 11.6 Å². The molecule has 2 aromatic rings. The first-order valence-corrected chi connectivity index (χ1v) is 7.33. The van der Waals surface area contributed by atoms with Crippen LogP contribution in [0.15, 0.2) is 36.4 Å². The highest BCUT2D eigenvalue weighted by atomic mass is 19.1. The number of nitrogens with zero attached hydrogens (tertiary/aromatic N) is 2. The van der Waals surface area contributed by atoms with Crippen molar-refractivity contribution in [3.05, 3.63) is 59.2 Å². The molecular weight excluding hydrogens is 330 g/mol. The third kappa shape index (κ3) is 4.67. The lowest BCUT2D eigenvalue weighted by Gasteiger charge is -2.18. The highest BCUT2D eigenvalue weighted by molar-refractivity contribution is 5.77. The first kappa shape index (κ1) is 18.2. The van der Waals surface area contributed by atoms with Gasteiger partial charge in [-0.3, -0.25) is 4.79 Å². The van der Waals surface area contributed by atoms with E-state index in [2.05, 4.69) is 0 Å². The van der Waals surface area contributed by atoms with Crippen LogP contribution in [0.2, 0.25) is 0 Å².